The van der Waals surface area contributed by atoms with Gasteiger partial charge in [0.15, 0.2) is 5.65 Å². The third-order valence-corrected chi connectivity index (χ3v) is 4.60. The lowest BCUT2D eigenvalue weighted by Gasteiger charge is -2.07. The maximum absolute atomic E-state index is 12.3. The van der Waals surface area contributed by atoms with E-state index in [9.17, 15) is 4.79 Å². The second-order valence-electron chi connectivity index (χ2n) is 6.11. The molecule has 0 fully saturated rings. The number of carbonyl (C=O) groups excluding carboxylic acids is 1. The number of pyridine rings is 1. The highest BCUT2D eigenvalue weighted by Gasteiger charge is 2.22. The molecule has 0 aliphatic heterocycles. The summed E-state index contributed by atoms with van der Waals surface area (Å²) in [6.45, 7) is 2.00. The third-order valence-electron chi connectivity index (χ3n) is 4.35. The number of benzene rings is 2. The molecule has 28 heavy (non-hydrogen) atoms. The normalized spacial score (nSPS) is 10.9. The van der Waals surface area contributed by atoms with Crippen molar-refractivity contribution in [2.45, 2.75) is 6.92 Å². The van der Waals surface area contributed by atoms with Crippen LogP contribution in [0.2, 0.25) is 5.02 Å². The van der Waals surface area contributed by atoms with Gasteiger partial charge in [-0.3, -0.25) is 0 Å². The van der Waals surface area contributed by atoms with Gasteiger partial charge in [0, 0.05) is 16.8 Å². The van der Waals surface area contributed by atoms with E-state index < -0.39 is 5.97 Å². The Balaban J connectivity index is 2.02. The lowest BCUT2D eigenvalue weighted by Crippen LogP contribution is -2.09. The van der Waals surface area contributed by atoms with Crippen molar-refractivity contribution < 1.29 is 9.53 Å². The van der Waals surface area contributed by atoms with Crippen LogP contribution < -0.4 is 5.73 Å². The van der Waals surface area contributed by atoms with E-state index in [0.717, 1.165) is 11.3 Å². The summed E-state index contributed by atoms with van der Waals surface area (Å²) < 4.78 is 6.82. The van der Waals surface area contributed by atoms with Crippen molar-refractivity contribution in [3.05, 3.63) is 71.4 Å². The van der Waals surface area contributed by atoms with E-state index in [2.05, 4.69) is 4.98 Å². The molecule has 2 N–H and O–H groups in total. The first kappa shape index (κ1) is 18.0. The van der Waals surface area contributed by atoms with Gasteiger partial charge in [0.1, 0.15) is 11.3 Å². The molecule has 4 aromatic rings. The number of rotatable bonds is 4. The van der Waals surface area contributed by atoms with Crippen molar-refractivity contribution in [3.8, 4) is 16.9 Å². The smallest absolute Gasteiger partial charge is 0.341 e. The summed E-state index contributed by atoms with van der Waals surface area (Å²) in [4.78, 5) is 16.8. The predicted octanol–water partition coefficient (Wildman–Crippen LogP) is 4.50. The summed E-state index contributed by atoms with van der Waals surface area (Å²) >= 11 is 6.03. The van der Waals surface area contributed by atoms with Crippen molar-refractivity contribution in [2.24, 2.45) is 0 Å². The van der Waals surface area contributed by atoms with Crippen molar-refractivity contribution in [1.29, 1.82) is 0 Å². The van der Waals surface area contributed by atoms with E-state index in [1.54, 1.807) is 23.7 Å². The van der Waals surface area contributed by atoms with E-state index in [1.165, 1.54) is 6.20 Å². The molecule has 140 valence electrons. The number of nitrogens with zero attached hydrogens (tertiary/aromatic N) is 3. The number of carbonyl (C=O) groups is 1. The maximum Gasteiger partial charge on any atom is 0.341 e. The van der Waals surface area contributed by atoms with E-state index in [1.807, 2.05) is 42.5 Å². The SMILES string of the molecule is CCOC(=O)c1cnc2c(c(-c3ccc(Cl)cc3)nn2-c2ccccc2)c1N. The van der Waals surface area contributed by atoms with Crippen LogP contribution in [-0.4, -0.2) is 27.3 Å². The number of halogens is 1. The minimum atomic E-state index is -0.510. The Bertz CT molecular complexity index is 1150. The maximum atomic E-state index is 12.3. The van der Waals surface area contributed by atoms with Gasteiger partial charge in [0.05, 0.1) is 23.4 Å². The lowest BCUT2D eigenvalue weighted by atomic mass is 10.1. The zero-order chi connectivity index (χ0) is 19.7. The molecule has 0 radical (unpaired) electrons. The summed E-state index contributed by atoms with van der Waals surface area (Å²) in [6, 6.07) is 16.9. The first-order valence-corrected chi connectivity index (χ1v) is 9.13. The van der Waals surface area contributed by atoms with Crippen LogP contribution in [0.25, 0.3) is 28.0 Å². The highest BCUT2D eigenvalue weighted by Crippen LogP contribution is 2.35. The number of esters is 1. The van der Waals surface area contributed by atoms with Gasteiger partial charge in [-0.1, -0.05) is 41.9 Å². The van der Waals surface area contributed by atoms with Crippen LogP contribution in [0.15, 0.2) is 60.8 Å². The molecule has 0 bridgehead atoms. The molecule has 2 aromatic carbocycles. The number of hydrogen-bond acceptors (Lipinski definition) is 5. The molecule has 0 unspecified atom stereocenters. The van der Waals surface area contributed by atoms with Gasteiger partial charge in [-0.2, -0.15) is 5.10 Å². The number of nitrogen functional groups attached to an aromatic ring is 1. The minimum absolute atomic E-state index is 0.220. The second kappa shape index (κ2) is 7.32. The standard InChI is InChI=1S/C21H17ClN4O2/c1-2-28-21(27)16-12-24-20-17(18(16)23)19(13-8-10-14(22)11-9-13)25-26(20)15-6-4-3-5-7-15/h3-12H,2H2,1H3,(H2,23,24). The zero-order valence-corrected chi connectivity index (χ0v) is 15.8. The van der Waals surface area contributed by atoms with Gasteiger partial charge in [0.2, 0.25) is 0 Å². The molecular weight excluding hydrogens is 376 g/mol. The van der Waals surface area contributed by atoms with Gasteiger partial charge >= 0.3 is 5.97 Å². The van der Waals surface area contributed by atoms with Crippen molar-refractivity contribution in [1.82, 2.24) is 14.8 Å². The van der Waals surface area contributed by atoms with Gasteiger partial charge in [0.25, 0.3) is 0 Å². The number of hydrogen-bond donors (Lipinski definition) is 1. The topological polar surface area (TPSA) is 83.0 Å². The minimum Gasteiger partial charge on any atom is -0.462 e. The summed E-state index contributed by atoms with van der Waals surface area (Å²) in [6.07, 6.45) is 1.43. The zero-order valence-electron chi connectivity index (χ0n) is 15.1. The average molecular weight is 393 g/mol. The molecule has 2 aromatic heterocycles. The number of fused-ring (bicyclic) bond motifs is 1. The number of ether oxygens (including phenoxy) is 1. The Labute approximate surface area is 166 Å². The fourth-order valence-electron chi connectivity index (χ4n) is 3.04. The average Bonchev–Trinajstić information content (AvgIpc) is 3.10. The Hall–Kier alpha value is -3.38. The van der Waals surface area contributed by atoms with Crippen LogP contribution in [0, 0.1) is 0 Å². The van der Waals surface area contributed by atoms with Crippen molar-refractivity contribution in [3.63, 3.8) is 0 Å². The van der Waals surface area contributed by atoms with Gasteiger partial charge in [-0.05, 0) is 31.2 Å². The quantitative estimate of drug-likeness (QED) is 0.517. The van der Waals surface area contributed by atoms with Crippen molar-refractivity contribution in [2.75, 3.05) is 12.3 Å². The molecule has 4 rings (SSSR count). The van der Waals surface area contributed by atoms with Gasteiger partial charge in [-0.25, -0.2) is 14.5 Å². The summed E-state index contributed by atoms with van der Waals surface area (Å²) in [7, 11) is 0. The molecule has 7 heteroatoms. The van der Waals surface area contributed by atoms with E-state index in [0.29, 0.717) is 21.7 Å². The van der Waals surface area contributed by atoms with Crippen LogP contribution >= 0.6 is 11.6 Å². The molecule has 0 aliphatic carbocycles. The highest BCUT2D eigenvalue weighted by atomic mass is 35.5. The van der Waals surface area contributed by atoms with Crippen molar-refractivity contribution >= 4 is 34.3 Å². The molecule has 6 nitrogen and oxygen atoms in total. The Morgan fingerprint density at radius 3 is 2.54 bits per heavy atom. The molecule has 0 amide bonds. The largest absolute Gasteiger partial charge is 0.462 e. The number of aromatic nitrogens is 3. The third kappa shape index (κ3) is 3.08. The monoisotopic (exact) mass is 392 g/mol. The molecular formula is C21H17ClN4O2. The van der Waals surface area contributed by atoms with Gasteiger partial charge < -0.3 is 10.5 Å². The number of anilines is 1. The number of nitrogens with two attached hydrogens (primary N) is 1. The second-order valence-corrected chi connectivity index (χ2v) is 6.54. The Morgan fingerprint density at radius 1 is 1.14 bits per heavy atom. The predicted molar refractivity (Wildman–Crippen MR) is 110 cm³/mol. The van der Waals surface area contributed by atoms with Crippen LogP contribution in [0.1, 0.15) is 17.3 Å². The number of para-hydroxylation sites is 1. The summed E-state index contributed by atoms with van der Waals surface area (Å²) in [5, 5.41) is 5.96. The fourth-order valence-corrected chi connectivity index (χ4v) is 3.16. The summed E-state index contributed by atoms with van der Waals surface area (Å²) in [5.41, 5.74) is 9.73. The van der Waals surface area contributed by atoms with E-state index in [4.69, 9.17) is 27.2 Å². The molecule has 0 saturated carbocycles. The Morgan fingerprint density at radius 2 is 1.86 bits per heavy atom. The van der Waals surface area contributed by atoms with E-state index >= 15 is 0 Å². The highest BCUT2D eigenvalue weighted by molar-refractivity contribution is 6.30. The van der Waals surface area contributed by atoms with Crippen LogP contribution in [-0.2, 0) is 4.74 Å². The molecule has 0 aliphatic rings. The first-order chi connectivity index (χ1) is 13.6. The molecule has 0 atom stereocenters. The fraction of sp³-hybridized carbons (Fsp3) is 0.0952. The molecule has 0 spiro atoms. The molecule has 0 saturated heterocycles. The lowest BCUT2D eigenvalue weighted by molar-refractivity contribution is 0.0527. The van der Waals surface area contributed by atoms with Crippen LogP contribution in [0.3, 0.4) is 0 Å². The van der Waals surface area contributed by atoms with Gasteiger partial charge in [-0.15, -0.1) is 0 Å². The van der Waals surface area contributed by atoms with Crippen LogP contribution in [0.5, 0.6) is 0 Å². The van der Waals surface area contributed by atoms with Crippen LogP contribution in [0.4, 0.5) is 5.69 Å². The van der Waals surface area contributed by atoms with E-state index in [-0.39, 0.29) is 17.9 Å². The first-order valence-electron chi connectivity index (χ1n) is 8.76. The molecule has 2 heterocycles. The summed E-state index contributed by atoms with van der Waals surface area (Å²) in [5.74, 6) is -0.510. The Kier molecular flexibility index (Phi) is 4.71.